The molecule has 3 rings (SSSR count). The molecule has 8 nitrogen and oxygen atoms in total. The van der Waals surface area contributed by atoms with Crippen LogP contribution in [-0.4, -0.2) is 34.9 Å². The smallest absolute Gasteiger partial charge is 0.332 e. The fraction of sp³-hybridized carbons (Fsp3) is 0.211. The van der Waals surface area contributed by atoms with E-state index in [4.69, 9.17) is 9.47 Å². The summed E-state index contributed by atoms with van der Waals surface area (Å²) in [6.45, 7) is 0.905. The lowest BCUT2D eigenvalue weighted by molar-refractivity contribution is -0.385. The minimum atomic E-state index is -0.698. The van der Waals surface area contributed by atoms with Crippen molar-refractivity contribution < 1.29 is 24.0 Å². The van der Waals surface area contributed by atoms with Crippen molar-refractivity contribution in [3.8, 4) is 0 Å². The second-order valence-corrected chi connectivity index (χ2v) is 7.03. The summed E-state index contributed by atoms with van der Waals surface area (Å²) in [5.74, 6) is -1.22. The van der Waals surface area contributed by atoms with Crippen molar-refractivity contribution in [2.24, 2.45) is 0 Å². The lowest BCUT2D eigenvalue weighted by Crippen LogP contribution is -2.18. The molecule has 0 saturated heterocycles. The van der Waals surface area contributed by atoms with Crippen LogP contribution in [0.2, 0.25) is 0 Å². The van der Waals surface area contributed by atoms with Gasteiger partial charge in [0.05, 0.1) is 21.7 Å². The van der Waals surface area contributed by atoms with E-state index >= 15 is 0 Å². The van der Waals surface area contributed by atoms with Gasteiger partial charge in [0.2, 0.25) is 5.78 Å². The molecular weight excluding hydrogens is 384 g/mol. The van der Waals surface area contributed by atoms with E-state index in [2.05, 4.69) is 4.98 Å². The van der Waals surface area contributed by atoms with Crippen LogP contribution in [0.3, 0.4) is 0 Å². The Kier molecular flexibility index (Phi) is 6.07. The Labute approximate surface area is 163 Å². The summed E-state index contributed by atoms with van der Waals surface area (Å²) < 4.78 is 11.2. The lowest BCUT2D eigenvalue weighted by Gasteiger charge is -2.05. The van der Waals surface area contributed by atoms with Crippen LogP contribution >= 0.6 is 11.3 Å². The first-order valence-corrected chi connectivity index (χ1v) is 9.12. The molecule has 0 N–H and O–H groups in total. The van der Waals surface area contributed by atoms with Gasteiger partial charge < -0.3 is 9.47 Å². The van der Waals surface area contributed by atoms with E-state index in [1.165, 1.54) is 29.5 Å². The van der Waals surface area contributed by atoms with Crippen molar-refractivity contribution in [3.05, 3.63) is 68.7 Å². The highest BCUT2D eigenvalue weighted by molar-refractivity contribution is 7.18. The molecule has 144 valence electrons. The predicted molar refractivity (Wildman–Crippen MR) is 102 cm³/mol. The van der Waals surface area contributed by atoms with E-state index in [-0.39, 0.29) is 24.5 Å². The molecule has 2 aromatic carbocycles. The Bertz CT molecular complexity index is 1010. The number of aromatic nitrogens is 1. The number of hydrogen-bond donors (Lipinski definition) is 0. The number of thiazole rings is 1. The number of ether oxygens (including phenoxy) is 2. The number of fused-ring (bicyclic) bond motifs is 1. The Morgan fingerprint density at radius 2 is 1.96 bits per heavy atom. The lowest BCUT2D eigenvalue weighted by atomic mass is 10.1. The molecule has 0 bridgehead atoms. The number of ketones is 1. The maximum atomic E-state index is 12.1. The van der Waals surface area contributed by atoms with Crippen molar-refractivity contribution in [1.82, 2.24) is 4.98 Å². The number of Topliss-reactive ketones (excluding diaryl/α,β-unsaturated/α-hetero) is 1. The van der Waals surface area contributed by atoms with Gasteiger partial charge in [-0.3, -0.25) is 14.9 Å². The van der Waals surface area contributed by atoms with Gasteiger partial charge >= 0.3 is 5.97 Å². The SMILES string of the molecule is Cc1ccc(C(=O)COC(=O)COCc2nc3ccccc3s2)cc1[N+](=O)[O-]. The maximum absolute atomic E-state index is 12.1. The van der Waals surface area contributed by atoms with E-state index in [0.29, 0.717) is 5.56 Å². The van der Waals surface area contributed by atoms with Crippen molar-refractivity contribution in [2.75, 3.05) is 13.2 Å². The topological polar surface area (TPSA) is 109 Å². The highest BCUT2D eigenvalue weighted by Crippen LogP contribution is 2.22. The highest BCUT2D eigenvalue weighted by atomic mass is 32.1. The molecule has 0 saturated carbocycles. The second kappa shape index (κ2) is 8.68. The quantitative estimate of drug-likeness (QED) is 0.246. The summed E-state index contributed by atoms with van der Waals surface area (Å²) in [5, 5.41) is 11.7. The van der Waals surface area contributed by atoms with Crippen LogP contribution in [0, 0.1) is 17.0 Å². The first-order chi connectivity index (χ1) is 13.4. The number of esters is 1. The normalized spacial score (nSPS) is 10.8. The summed E-state index contributed by atoms with van der Waals surface area (Å²) in [6.07, 6.45) is 0. The van der Waals surface area contributed by atoms with E-state index < -0.39 is 23.3 Å². The van der Waals surface area contributed by atoms with Crippen LogP contribution in [-0.2, 0) is 20.9 Å². The summed E-state index contributed by atoms with van der Waals surface area (Å²) in [5.41, 5.74) is 1.27. The molecule has 0 aliphatic heterocycles. The van der Waals surface area contributed by atoms with Crippen molar-refractivity contribution in [2.45, 2.75) is 13.5 Å². The number of nitrogens with zero attached hydrogens (tertiary/aromatic N) is 2. The number of carbonyl (C=O) groups is 2. The number of aryl methyl sites for hydroxylation is 1. The molecule has 0 fully saturated rings. The van der Waals surface area contributed by atoms with Gasteiger partial charge in [0.15, 0.2) is 6.61 Å². The van der Waals surface area contributed by atoms with E-state index in [0.717, 1.165) is 15.2 Å². The molecule has 0 spiro atoms. The zero-order valence-corrected chi connectivity index (χ0v) is 15.7. The van der Waals surface area contributed by atoms with Gasteiger partial charge in [0, 0.05) is 17.2 Å². The predicted octanol–water partition coefficient (Wildman–Crippen LogP) is 3.46. The number of nitro groups is 1. The molecule has 0 radical (unpaired) electrons. The van der Waals surface area contributed by atoms with Gasteiger partial charge in [-0.1, -0.05) is 24.3 Å². The minimum Gasteiger partial charge on any atom is -0.456 e. The first-order valence-electron chi connectivity index (χ1n) is 8.30. The molecular formula is C19H16N2O6S. The standard InChI is InChI=1S/C19H16N2O6S/c1-12-6-7-13(8-15(12)21(24)25)16(22)9-27-19(23)11-26-10-18-20-14-4-2-3-5-17(14)28-18/h2-8H,9-11H2,1H3. The van der Waals surface area contributed by atoms with Gasteiger partial charge in [0.25, 0.3) is 5.69 Å². The Morgan fingerprint density at radius 3 is 2.71 bits per heavy atom. The van der Waals surface area contributed by atoms with Crippen LogP contribution < -0.4 is 0 Å². The summed E-state index contributed by atoms with van der Waals surface area (Å²) in [4.78, 5) is 38.6. The third-order valence-corrected chi connectivity index (χ3v) is 4.89. The largest absolute Gasteiger partial charge is 0.456 e. The zero-order valence-electron chi connectivity index (χ0n) is 14.9. The fourth-order valence-electron chi connectivity index (χ4n) is 2.45. The molecule has 1 aromatic heterocycles. The molecule has 0 atom stereocenters. The average Bonchev–Trinajstić information content (AvgIpc) is 3.09. The number of carbonyl (C=O) groups excluding carboxylic acids is 2. The third kappa shape index (κ3) is 4.76. The molecule has 9 heteroatoms. The summed E-state index contributed by atoms with van der Waals surface area (Å²) >= 11 is 1.47. The molecule has 0 unspecified atom stereocenters. The van der Waals surface area contributed by atoms with E-state index in [9.17, 15) is 19.7 Å². The van der Waals surface area contributed by atoms with Gasteiger partial charge in [-0.2, -0.15) is 0 Å². The molecule has 0 aliphatic rings. The molecule has 0 amide bonds. The number of benzene rings is 2. The highest BCUT2D eigenvalue weighted by Gasteiger charge is 2.16. The number of rotatable bonds is 8. The third-order valence-electron chi connectivity index (χ3n) is 3.88. The fourth-order valence-corrected chi connectivity index (χ4v) is 3.36. The molecule has 0 aliphatic carbocycles. The first kappa shape index (κ1) is 19.6. The monoisotopic (exact) mass is 400 g/mol. The summed E-state index contributed by atoms with van der Waals surface area (Å²) in [7, 11) is 0. The van der Waals surface area contributed by atoms with Crippen LogP contribution in [0.1, 0.15) is 20.9 Å². The molecule has 28 heavy (non-hydrogen) atoms. The maximum Gasteiger partial charge on any atom is 0.332 e. The Hall–Kier alpha value is -3.17. The number of nitro benzene ring substituents is 1. The molecule has 3 aromatic rings. The van der Waals surface area contributed by atoms with Crippen LogP contribution in [0.25, 0.3) is 10.2 Å². The average molecular weight is 400 g/mol. The second-order valence-electron chi connectivity index (χ2n) is 5.91. The van der Waals surface area contributed by atoms with Crippen LogP contribution in [0.5, 0.6) is 0 Å². The van der Waals surface area contributed by atoms with Crippen molar-refractivity contribution in [3.63, 3.8) is 0 Å². The van der Waals surface area contributed by atoms with Gasteiger partial charge in [-0.05, 0) is 19.1 Å². The summed E-state index contributed by atoms with van der Waals surface area (Å²) in [6, 6.07) is 11.8. The van der Waals surface area contributed by atoms with Crippen LogP contribution in [0.15, 0.2) is 42.5 Å². The zero-order chi connectivity index (χ0) is 20.1. The van der Waals surface area contributed by atoms with Crippen LogP contribution in [0.4, 0.5) is 5.69 Å². The van der Waals surface area contributed by atoms with Crippen molar-refractivity contribution >= 4 is 39.0 Å². The Morgan fingerprint density at radius 1 is 1.18 bits per heavy atom. The molecule has 1 heterocycles. The van der Waals surface area contributed by atoms with Gasteiger partial charge in [0.1, 0.15) is 11.6 Å². The van der Waals surface area contributed by atoms with Crippen molar-refractivity contribution in [1.29, 1.82) is 0 Å². The van der Waals surface area contributed by atoms with Gasteiger partial charge in [-0.15, -0.1) is 11.3 Å². The van der Waals surface area contributed by atoms with Gasteiger partial charge in [-0.25, -0.2) is 9.78 Å². The van der Waals surface area contributed by atoms with E-state index in [1.807, 2.05) is 24.3 Å². The minimum absolute atomic E-state index is 0.112. The Balaban J connectivity index is 1.46. The number of para-hydroxylation sites is 1. The number of hydrogen-bond acceptors (Lipinski definition) is 8. The van der Waals surface area contributed by atoms with E-state index in [1.54, 1.807) is 6.92 Å².